The highest BCUT2D eigenvalue weighted by Crippen LogP contribution is 2.46. The summed E-state index contributed by atoms with van der Waals surface area (Å²) in [5.41, 5.74) is 2.55. The molecular formula is C33H31ClN2O6S. The first-order valence-corrected chi connectivity index (χ1v) is 15.5. The molecule has 3 aromatic carbocycles. The lowest BCUT2D eigenvalue weighted by molar-refractivity contribution is -0.132. The number of hydrogen-bond acceptors (Lipinski definition) is 8. The van der Waals surface area contributed by atoms with Gasteiger partial charge in [0, 0.05) is 17.0 Å². The molecule has 0 aliphatic carbocycles. The molecular weight excluding hydrogens is 588 g/mol. The number of benzene rings is 3. The molecule has 2 atom stereocenters. The van der Waals surface area contributed by atoms with Gasteiger partial charge in [-0.15, -0.1) is 0 Å². The monoisotopic (exact) mass is 618 g/mol. The number of unbranched alkanes of at least 4 members (excludes halogenated alkanes) is 1. The van der Waals surface area contributed by atoms with E-state index in [9.17, 15) is 14.7 Å². The number of carbonyl (C=O) groups is 2. The molecule has 1 amide bonds. The minimum Gasteiger partial charge on any atom is -0.507 e. The molecule has 10 heteroatoms. The van der Waals surface area contributed by atoms with Gasteiger partial charge in [-0.25, -0.2) is 4.98 Å². The van der Waals surface area contributed by atoms with Gasteiger partial charge in [0.25, 0.3) is 5.78 Å². The van der Waals surface area contributed by atoms with E-state index >= 15 is 0 Å². The number of aliphatic hydroxyl groups is 1. The fraction of sp³-hybridized carbons (Fsp3) is 0.303. The van der Waals surface area contributed by atoms with Crippen molar-refractivity contribution in [2.75, 3.05) is 18.1 Å². The molecule has 0 saturated carbocycles. The van der Waals surface area contributed by atoms with E-state index < -0.39 is 17.7 Å². The van der Waals surface area contributed by atoms with Crippen LogP contribution in [0.4, 0.5) is 5.13 Å². The smallest absolute Gasteiger partial charge is 0.301 e. The Morgan fingerprint density at radius 3 is 2.72 bits per heavy atom. The first-order valence-electron chi connectivity index (χ1n) is 14.4. The van der Waals surface area contributed by atoms with Crippen LogP contribution in [-0.2, 0) is 16.0 Å². The fourth-order valence-electron chi connectivity index (χ4n) is 5.47. The van der Waals surface area contributed by atoms with Crippen LogP contribution in [0, 0.1) is 0 Å². The Labute approximate surface area is 258 Å². The van der Waals surface area contributed by atoms with Gasteiger partial charge >= 0.3 is 5.91 Å². The number of carbonyl (C=O) groups excluding carboxylic acids is 2. The van der Waals surface area contributed by atoms with E-state index in [1.807, 2.05) is 19.9 Å². The molecule has 8 nitrogen and oxygen atoms in total. The van der Waals surface area contributed by atoms with E-state index in [0.29, 0.717) is 57.9 Å². The predicted octanol–water partition coefficient (Wildman–Crippen LogP) is 7.48. The maximum absolute atomic E-state index is 13.8. The summed E-state index contributed by atoms with van der Waals surface area (Å²) >= 11 is 7.47. The van der Waals surface area contributed by atoms with Crippen LogP contribution in [0.3, 0.4) is 0 Å². The lowest BCUT2D eigenvalue weighted by Gasteiger charge is -2.24. The Morgan fingerprint density at radius 2 is 1.93 bits per heavy atom. The molecule has 1 N–H and O–H groups in total. The molecule has 1 fully saturated rings. The van der Waals surface area contributed by atoms with Gasteiger partial charge in [0.05, 0.1) is 35.0 Å². The molecule has 0 radical (unpaired) electrons. The van der Waals surface area contributed by atoms with Crippen LogP contribution in [-0.4, -0.2) is 41.1 Å². The third-order valence-corrected chi connectivity index (χ3v) is 8.75. The maximum atomic E-state index is 13.8. The average molecular weight is 619 g/mol. The van der Waals surface area contributed by atoms with Crippen molar-refractivity contribution in [1.29, 1.82) is 0 Å². The zero-order valence-electron chi connectivity index (χ0n) is 24.1. The van der Waals surface area contributed by atoms with Crippen LogP contribution in [0.15, 0.2) is 60.2 Å². The van der Waals surface area contributed by atoms with Crippen molar-refractivity contribution in [3.63, 3.8) is 0 Å². The summed E-state index contributed by atoms with van der Waals surface area (Å²) in [6.45, 7) is 6.86. The number of anilines is 1. The summed E-state index contributed by atoms with van der Waals surface area (Å²) < 4.78 is 18.5. The van der Waals surface area contributed by atoms with Gasteiger partial charge in [0.15, 0.2) is 16.6 Å². The third kappa shape index (κ3) is 5.43. The molecule has 3 heterocycles. The van der Waals surface area contributed by atoms with Crippen LogP contribution in [0.1, 0.15) is 56.3 Å². The Balaban J connectivity index is 1.51. The van der Waals surface area contributed by atoms with Gasteiger partial charge in [-0.1, -0.05) is 42.3 Å². The topological polar surface area (TPSA) is 98.2 Å². The number of hydrogen-bond donors (Lipinski definition) is 1. The Kier molecular flexibility index (Phi) is 8.03. The van der Waals surface area contributed by atoms with Crippen molar-refractivity contribution >= 4 is 55.7 Å². The van der Waals surface area contributed by atoms with Crippen LogP contribution in [0.25, 0.3) is 16.0 Å². The van der Waals surface area contributed by atoms with Crippen molar-refractivity contribution in [1.82, 2.24) is 4.98 Å². The molecule has 4 aromatic rings. The molecule has 0 spiro atoms. The molecule has 2 aliphatic rings. The summed E-state index contributed by atoms with van der Waals surface area (Å²) in [6, 6.07) is 14.9. The highest BCUT2D eigenvalue weighted by atomic mass is 35.5. The predicted molar refractivity (Wildman–Crippen MR) is 168 cm³/mol. The second kappa shape index (κ2) is 11.9. The highest BCUT2D eigenvalue weighted by Gasteiger charge is 2.48. The van der Waals surface area contributed by atoms with Crippen molar-refractivity contribution in [3.05, 3.63) is 81.9 Å². The molecule has 2 unspecified atom stereocenters. The second-order valence-electron chi connectivity index (χ2n) is 10.6. The van der Waals surface area contributed by atoms with Gasteiger partial charge in [-0.3, -0.25) is 14.5 Å². The molecule has 43 heavy (non-hydrogen) atoms. The number of halogens is 1. The van der Waals surface area contributed by atoms with Gasteiger partial charge in [0.2, 0.25) is 0 Å². The first-order chi connectivity index (χ1) is 20.8. The molecule has 0 bridgehead atoms. The third-order valence-electron chi connectivity index (χ3n) is 7.50. The van der Waals surface area contributed by atoms with Crippen LogP contribution >= 0.6 is 22.9 Å². The normalized spacial score (nSPS) is 19.1. The number of ketones is 1. The summed E-state index contributed by atoms with van der Waals surface area (Å²) in [5.74, 6) is -0.0465. The molecule has 222 valence electrons. The minimum absolute atomic E-state index is 0.0144. The van der Waals surface area contributed by atoms with Gasteiger partial charge in [-0.2, -0.15) is 0 Å². The zero-order chi connectivity index (χ0) is 30.2. The van der Waals surface area contributed by atoms with Crippen LogP contribution in [0.2, 0.25) is 5.02 Å². The van der Waals surface area contributed by atoms with Crippen molar-refractivity contribution in [2.24, 2.45) is 0 Å². The lowest BCUT2D eigenvalue weighted by Crippen LogP contribution is -2.29. The van der Waals surface area contributed by atoms with E-state index in [4.69, 9.17) is 25.8 Å². The van der Waals surface area contributed by atoms with Crippen LogP contribution in [0.5, 0.6) is 17.2 Å². The summed E-state index contributed by atoms with van der Waals surface area (Å²) in [7, 11) is 0. The first kappa shape index (κ1) is 29.0. The molecule has 1 aromatic heterocycles. The molecule has 1 saturated heterocycles. The number of amides is 1. The largest absolute Gasteiger partial charge is 0.507 e. The number of fused-ring (bicyclic) bond motifs is 2. The highest BCUT2D eigenvalue weighted by molar-refractivity contribution is 7.22. The van der Waals surface area contributed by atoms with E-state index in [-0.39, 0.29) is 17.4 Å². The van der Waals surface area contributed by atoms with Gasteiger partial charge < -0.3 is 19.3 Å². The number of ether oxygens (including phenoxy) is 3. The van der Waals surface area contributed by atoms with Crippen LogP contribution < -0.4 is 19.1 Å². The SMILES string of the molecule is CCCCOc1ccc(C2/C(=C(/O)c3ccc4c(c3)CC(C)O4)C(=O)C(=O)N2c2nc3ccc(Cl)cc3s2)cc1OCC. The number of aliphatic hydroxyl groups excluding tert-OH is 1. The van der Waals surface area contributed by atoms with E-state index in [0.717, 1.165) is 28.9 Å². The number of thiazole rings is 1. The molecule has 2 aliphatic heterocycles. The average Bonchev–Trinajstić information content (AvgIpc) is 3.65. The lowest BCUT2D eigenvalue weighted by atomic mass is 9.94. The summed E-state index contributed by atoms with van der Waals surface area (Å²) in [5, 5.41) is 12.6. The maximum Gasteiger partial charge on any atom is 0.301 e. The van der Waals surface area contributed by atoms with Crippen molar-refractivity contribution in [3.8, 4) is 17.2 Å². The van der Waals surface area contributed by atoms with Gasteiger partial charge in [-0.05, 0) is 79.9 Å². The van der Waals surface area contributed by atoms with E-state index in [1.165, 1.54) is 16.2 Å². The zero-order valence-corrected chi connectivity index (χ0v) is 25.6. The minimum atomic E-state index is -0.969. The van der Waals surface area contributed by atoms with Crippen molar-refractivity contribution < 1.29 is 28.9 Å². The number of aromatic nitrogens is 1. The van der Waals surface area contributed by atoms with Gasteiger partial charge in [0.1, 0.15) is 17.6 Å². The second-order valence-corrected chi connectivity index (χ2v) is 12.0. The quantitative estimate of drug-likeness (QED) is 0.0899. The standard InChI is InChI=1S/C33H31ClN2O6S/c1-4-6-13-41-25-12-7-19(16-26(25)40-5-2)29-28(30(37)20-8-11-24-21(15-20)14-18(3)42-24)31(38)32(39)36(29)33-35-23-10-9-22(34)17-27(23)43-33/h7-12,15-18,29,37H,4-6,13-14H2,1-3H3/b30-28-. The number of nitrogens with zero attached hydrogens (tertiary/aromatic N) is 2. The Hall–Kier alpha value is -4.08. The summed E-state index contributed by atoms with van der Waals surface area (Å²) in [4.78, 5) is 33.6. The van der Waals surface area contributed by atoms with E-state index in [1.54, 1.807) is 48.5 Å². The van der Waals surface area contributed by atoms with E-state index in [2.05, 4.69) is 11.9 Å². The fourth-order valence-corrected chi connectivity index (χ4v) is 6.74. The summed E-state index contributed by atoms with van der Waals surface area (Å²) in [6.07, 6.45) is 2.57. The number of rotatable bonds is 9. The Morgan fingerprint density at radius 1 is 1.09 bits per heavy atom. The molecule has 6 rings (SSSR count). The van der Waals surface area contributed by atoms with Crippen molar-refractivity contribution in [2.45, 2.75) is 52.2 Å². The Bertz CT molecular complexity index is 1770. The number of Topliss-reactive ketones (excluding diaryl/α,β-unsaturated/α-hetero) is 1.